The van der Waals surface area contributed by atoms with Gasteiger partial charge in [-0.3, -0.25) is 38.5 Å². The van der Waals surface area contributed by atoms with E-state index >= 15 is 0 Å². The highest BCUT2D eigenvalue weighted by Gasteiger charge is 2.32. The molecule has 1 aromatic rings. The van der Waals surface area contributed by atoms with Gasteiger partial charge in [0.2, 0.25) is 17.7 Å². The second-order valence-corrected chi connectivity index (χ2v) is 14.7. The SMILES string of the molecule is CNC(=O)OCc1ccc(NC(=O)[C@H](CCCNC(N)=O)CC(=O)[C@@H](NC(C)=O)C(C)C)cc1OCCCCCCN1C(=O)C=C(SC[C@H](NC(C)=O)OC=O)C1=O. The molecule has 2 rings (SSSR count). The Morgan fingerprint density at radius 2 is 1.67 bits per heavy atom. The molecule has 1 heterocycles. The lowest BCUT2D eigenvalue weighted by Gasteiger charge is -2.23. The Bertz CT molecular complexity index is 1670. The average Bonchev–Trinajstić information content (AvgIpc) is 3.43. The minimum Gasteiger partial charge on any atom is -0.493 e. The summed E-state index contributed by atoms with van der Waals surface area (Å²) >= 11 is 0.998. The Morgan fingerprint density at radius 3 is 2.31 bits per heavy atom. The number of ether oxygens (including phenoxy) is 3. The Labute approximate surface area is 341 Å². The van der Waals surface area contributed by atoms with E-state index in [0.717, 1.165) is 16.7 Å². The Morgan fingerprint density at radius 1 is 0.966 bits per heavy atom. The lowest BCUT2D eigenvalue weighted by atomic mass is 9.89. The molecule has 3 atom stereocenters. The van der Waals surface area contributed by atoms with E-state index in [1.54, 1.807) is 32.0 Å². The van der Waals surface area contributed by atoms with Crippen LogP contribution in [0.4, 0.5) is 15.3 Å². The van der Waals surface area contributed by atoms with Crippen LogP contribution in [-0.4, -0.2) is 104 Å². The van der Waals surface area contributed by atoms with Crippen molar-refractivity contribution in [1.29, 1.82) is 0 Å². The van der Waals surface area contributed by atoms with Crippen LogP contribution in [-0.2, 0) is 49.6 Å². The van der Waals surface area contributed by atoms with Crippen molar-refractivity contribution >= 4 is 71.4 Å². The number of amides is 8. The second-order valence-electron chi connectivity index (χ2n) is 13.7. The number of primary amides is 1. The Balaban J connectivity index is 2.02. The standard InChI is InChI=1S/C38H55N7O12S/c1-23(2)34(43-25(4)48)29(49)17-26(11-10-14-41-37(39)53)35(51)44-28-13-12-27(20-56-38(54)40-5)30(18-28)55-16-9-7-6-8-15-45-33(50)19-31(36(45)52)58-21-32(57-22-46)42-24(3)47/h12-13,18-19,22-23,26,32,34H,6-11,14-17,20-21H2,1-5H3,(H,40,54)(H,42,47)(H,43,48)(H,44,51)(H3,39,41,53)/t26-,32-,34+/m1/s1. The number of Topliss-reactive ketones (excluding diaryl/α,β-unsaturated/α-hetero) is 1. The van der Waals surface area contributed by atoms with Crippen LogP contribution in [0, 0.1) is 11.8 Å². The van der Waals surface area contributed by atoms with Crippen LogP contribution in [0.3, 0.4) is 0 Å². The zero-order chi connectivity index (χ0) is 43.2. The molecule has 0 unspecified atom stereocenters. The number of nitrogens with one attached hydrogen (secondary N) is 5. The molecule has 320 valence electrons. The summed E-state index contributed by atoms with van der Waals surface area (Å²) in [5.74, 6) is -3.12. The van der Waals surface area contributed by atoms with E-state index in [-0.39, 0.29) is 73.9 Å². The van der Waals surface area contributed by atoms with Crippen molar-refractivity contribution in [2.75, 3.05) is 37.8 Å². The number of unbranched alkanes of at least 4 members (excludes halogenated alkanes) is 3. The summed E-state index contributed by atoms with van der Waals surface area (Å²) < 4.78 is 16.1. The number of carbonyl (C=O) groups excluding carboxylic acids is 9. The van der Waals surface area contributed by atoms with Gasteiger partial charge in [0.25, 0.3) is 18.3 Å². The third-order valence-electron chi connectivity index (χ3n) is 8.60. The molecular weight excluding hydrogens is 779 g/mol. The molecule has 0 aliphatic carbocycles. The van der Waals surface area contributed by atoms with Crippen molar-refractivity contribution in [3.05, 3.63) is 34.7 Å². The molecule has 1 aliphatic rings. The van der Waals surface area contributed by atoms with Crippen LogP contribution in [0.15, 0.2) is 29.2 Å². The molecule has 20 heteroatoms. The van der Waals surface area contributed by atoms with Crippen molar-refractivity contribution in [3.63, 3.8) is 0 Å². The summed E-state index contributed by atoms with van der Waals surface area (Å²) in [6.45, 7) is 6.85. The highest BCUT2D eigenvalue weighted by molar-refractivity contribution is 8.04. The van der Waals surface area contributed by atoms with Gasteiger partial charge in [0.05, 0.1) is 23.3 Å². The maximum absolute atomic E-state index is 13.6. The van der Waals surface area contributed by atoms with Crippen LogP contribution in [0.25, 0.3) is 0 Å². The molecule has 0 fully saturated rings. The van der Waals surface area contributed by atoms with Gasteiger partial charge in [-0.25, -0.2) is 9.59 Å². The summed E-state index contributed by atoms with van der Waals surface area (Å²) in [6.07, 6.45) is 2.50. The van der Waals surface area contributed by atoms with E-state index in [2.05, 4.69) is 26.6 Å². The molecule has 58 heavy (non-hydrogen) atoms. The van der Waals surface area contributed by atoms with Crippen molar-refractivity contribution in [2.45, 2.75) is 91.5 Å². The lowest BCUT2D eigenvalue weighted by Crippen LogP contribution is -2.44. The van der Waals surface area contributed by atoms with Crippen LogP contribution in [0.1, 0.15) is 78.2 Å². The summed E-state index contributed by atoms with van der Waals surface area (Å²) in [4.78, 5) is 110. The quantitative estimate of drug-likeness (QED) is 0.0322. The lowest BCUT2D eigenvalue weighted by molar-refractivity contribution is -0.138. The first-order chi connectivity index (χ1) is 27.6. The van der Waals surface area contributed by atoms with E-state index in [1.807, 2.05) is 0 Å². The van der Waals surface area contributed by atoms with Crippen molar-refractivity contribution < 1.29 is 57.4 Å². The number of anilines is 1. The van der Waals surface area contributed by atoms with Gasteiger partial charge in [-0.15, -0.1) is 11.8 Å². The minimum atomic E-state index is -0.953. The number of carbonyl (C=O) groups is 9. The first-order valence-corrected chi connectivity index (χ1v) is 19.8. The first-order valence-electron chi connectivity index (χ1n) is 18.9. The summed E-state index contributed by atoms with van der Waals surface area (Å²) in [6, 6.07) is 3.32. The normalized spacial score (nSPS) is 13.8. The topological polar surface area (TPSA) is 271 Å². The molecule has 0 spiro atoms. The van der Waals surface area contributed by atoms with Crippen LogP contribution in [0.2, 0.25) is 0 Å². The largest absolute Gasteiger partial charge is 0.493 e. The van der Waals surface area contributed by atoms with Gasteiger partial charge in [0, 0.05) is 69.7 Å². The molecule has 0 aromatic heterocycles. The zero-order valence-corrected chi connectivity index (χ0v) is 34.3. The number of nitrogens with zero attached hydrogens (tertiary/aromatic N) is 1. The average molecular weight is 834 g/mol. The number of ketones is 1. The number of rotatable bonds is 27. The number of alkyl carbamates (subject to hydrolysis) is 1. The second kappa shape index (κ2) is 25.6. The molecule has 0 saturated carbocycles. The Hall–Kier alpha value is -5.66. The Kier molecular flexibility index (Phi) is 21.4. The number of imide groups is 1. The van der Waals surface area contributed by atoms with E-state index in [4.69, 9.17) is 19.9 Å². The molecule has 0 bridgehead atoms. The van der Waals surface area contributed by atoms with Crippen LogP contribution < -0.4 is 37.1 Å². The molecular formula is C38H55N7O12S. The highest BCUT2D eigenvalue weighted by atomic mass is 32.2. The smallest absolute Gasteiger partial charge is 0.407 e. The molecule has 0 radical (unpaired) electrons. The van der Waals surface area contributed by atoms with E-state index in [0.29, 0.717) is 49.1 Å². The van der Waals surface area contributed by atoms with Gasteiger partial charge in [0.1, 0.15) is 12.4 Å². The number of benzene rings is 1. The van der Waals surface area contributed by atoms with E-state index in [9.17, 15) is 43.2 Å². The zero-order valence-electron chi connectivity index (χ0n) is 33.5. The fourth-order valence-corrected chi connectivity index (χ4v) is 6.63. The number of urea groups is 1. The number of hydrogen-bond acceptors (Lipinski definition) is 13. The minimum absolute atomic E-state index is 0.0466. The van der Waals surface area contributed by atoms with Gasteiger partial charge < -0.3 is 46.5 Å². The predicted molar refractivity (Wildman–Crippen MR) is 213 cm³/mol. The number of hydrogen-bond donors (Lipinski definition) is 6. The first kappa shape index (κ1) is 48.5. The number of nitrogens with two attached hydrogens (primary N) is 1. The summed E-state index contributed by atoms with van der Waals surface area (Å²) in [5.41, 5.74) is 6.04. The van der Waals surface area contributed by atoms with E-state index < -0.39 is 53.9 Å². The molecule has 1 aliphatic heterocycles. The maximum Gasteiger partial charge on any atom is 0.407 e. The van der Waals surface area contributed by atoms with Gasteiger partial charge in [-0.2, -0.15) is 0 Å². The molecule has 1 aromatic carbocycles. The fraction of sp³-hybridized carbons (Fsp3) is 0.553. The van der Waals surface area contributed by atoms with Crippen molar-refractivity contribution in [2.24, 2.45) is 17.6 Å². The molecule has 8 amide bonds. The van der Waals surface area contributed by atoms with Crippen molar-refractivity contribution in [3.8, 4) is 5.75 Å². The highest BCUT2D eigenvalue weighted by Crippen LogP contribution is 2.28. The van der Waals surface area contributed by atoms with Gasteiger partial charge in [-0.1, -0.05) is 26.7 Å². The summed E-state index contributed by atoms with van der Waals surface area (Å²) in [7, 11) is 1.42. The van der Waals surface area contributed by atoms with Crippen molar-refractivity contribution in [1.82, 2.24) is 26.2 Å². The van der Waals surface area contributed by atoms with Gasteiger partial charge in [-0.05, 0) is 43.7 Å². The summed E-state index contributed by atoms with van der Waals surface area (Å²) in [5, 5.41) is 12.8. The predicted octanol–water partition coefficient (Wildman–Crippen LogP) is 2.23. The van der Waals surface area contributed by atoms with Gasteiger partial charge in [0.15, 0.2) is 12.0 Å². The third kappa shape index (κ3) is 17.6. The maximum atomic E-state index is 13.6. The van der Waals surface area contributed by atoms with E-state index in [1.165, 1.54) is 27.0 Å². The van der Waals surface area contributed by atoms with Gasteiger partial charge >= 0.3 is 12.1 Å². The van der Waals surface area contributed by atoms with Crippen LogP contribution >= 0.6 is 11.8 Å². The molecule has 19 nitrogen and oxygen atoms in total. The van der Waals surface area contributed by atoms with Crippen LogP contribution in [0.5, 0.6) is 5.75 Å². The monoisotopic (exact) mass is 833 g/mol. The molecule has 7 N–H and O–H groups in total. The number of thioether (sulfide) groups is 1. The molecule has 0 saturated heterocycles. The third-order valence-corrected chi connectivity index (χ3v) is 9.67. The fourth-order valence-electron chi connectivity index (χ4n) is 5.72.